The molecule has 2 heterocycles. The molecule has 82 valence electrons. The molecule has 0 spiro atoms. The largest absolute Gasteiger partial charge is 0.480 e. The Morgan fingerprint density at radius 1 is 1.25 bits per heavy atom. The van der Waals surface area contributed by atoms with Gasteiger partial charge in [-0.15, -0.1) is 5.10 Å². The fraction of sp³-hybridized carbons (Fsp3) is 0.182. The maximum absolute atomic E-state index is 11.5. The smallest absolute Gasteiger partial charge is 0.267 e. The Hall–Kier alpha value is -2.17. The third kappa shape index (κ3) is 2.25. The van der Waals surface area contributed by atoms with Gasteiger partial charge in [0.1, 0.15) is 0 Å². The molecule has 2 rings (SSSR count). The molecular weight excluding hydrogens is 206 g/mol. The van der Waals surface area contributed by atoms with E-state index in [4.69, 9.17) is 4.74 Å². The van der Waals surface area contributed by atoms with E-state index >= 15 is 0 Å². The molecule has 0 unspecified atom stereocenters. The van der Waals surface area contributed by atoms with E-state index < -0.39 is 0 Å². The van der Waals surface area contributed by atoms with E-state index in [1.165, 1.54) is 17.9 Å². The van der Waals surface area contributed by atoms with E-state index in [-0.39, 0.29) is 5.56 Å². The molecule has 0 bridgehead atoms. The minimum Gasteiger partial charge on any atom is -0.480 e. The predicted molar refractivity (Wildman–Crippen MR) is 58.4 cm³/mol. The van der Waals surface area contributed by atoms with Gasteiger partial charge in [-0.1, -0.05) is 0 Å². The first kappa shape index (κ1) is 10.4. The van der Waals surface area contributed by atoms with Gasteiger partial charge in [0.25, 0.3) is 5.56 Å². The van der Waals surface area contributed by atoms with Crippen molar-refractivity contribution in [2.45, 2.75) is 6.54 Å². The average Bonchev–Trinajstić information content (AvgIpc) is 2.33. The Kier molecular flexibility index (Phi) is 2.95. The highest BCUT2D eigenvalue weighted by Crippen LogP contribution is 2.02. The lowest BCUT2D eigenvalue weighted by atomic mass is 10.3. The zero-order valence-electron chi connectivity index (χ0n) is 8.83. The van der Waals surface area contributed by atoms with Crippen LogP contribution in [0.25, 0.3) is 0 Å². The normalized spacial score (nSPS) is 10.1. The van der Waals surface area contributed by atoms with Crippen molar-refractivity contribution in [1.82, 2.24) is 14.8 Å². The third-order valence-corrected chi connectivity index (χ3v) is 2.13. The molecule has 5 nitrogen and oxygen atoms in total. The molecule has 0 aliphatic carbocycles. The van der Waals surface area contributed by atoms with Crippen LogP contribution in [0.4, 0.5) is 0 Å². The molecule has 2 aromatic heterocycles. The average molecular weight is 217 g/mol. The van der Waals surface area contributed by atoms with Crippen LogP contribution in [-0.2, 0) is 6.54 Å². The maximum Gasteiger partial charge on any atom is 0.267 e. The zero-order chi connectivity index (χ0) is 11.4. The van der Waals surface area contributed by atoms with Gasteiger partial charge in [-0.05, 0) is 17.7 Å². The Labute approximate surface area is 92.3 Å². The Balaban J connectivity index is 2.31. The monoisotopic (exact) mass is 217 g/mol. The summed E-state index contributed by atoms with van der Waals surface area (Å²) in [6, 6.07) is 6.67. The number of methoxy groups -OCH3 is 1. The van der Waals surface area contributed by atoms with E-state index in [0.29, 0.717) is 12.4 Å². The van der Waals surface area contributed by atoms with Crippen LogP contribution in [0.5, 0.6) is 5.88 Å². The fourth-order valence-corrected chi connectivity index (χ4v) is 1.31. The highest BCUT2D eigenvalue weighted by atomic mass is 16.5. The summed E-state index contributed by atoms with van der Waals surface area (Å²) in [5, 5.41) is 4.05. The maximum atomic E-state index is 11.5. The van der Waals surface area contributed by atoms with E-state index in [1.807, 2.05) is 12.1 Å². The molecule has 0 aliphatic rings. The van der Waals surface area contributed by atoms with Crippen molar-refractivity contribution >= 4 is 0 Å². The highest BCUT2D eigenvalue weighted by molar-refractivity contribution is 5.11. The molecule has 0 saturated carbocycles. The van der Waals surface area contributed by atoms with Crippen molar-refractivity contribution in [3.05, 3.63) is 52.6 Å². The van der Waals surface area contributed by atoms with Crippen LogP contribution in [0, 0.1) is 0 Å². The van der Waals surface area contributed by atoms with Crippen molar-refractivity contribution in [2.75, 3.05) is 7.11 Å². The topological polar surface area (TPSA) is 57.0 Å². The Morgan fingerprint density at radius 2 is 2.00 bits per heavy atom. The van der Waals surface area contributed by atoms with Crippen LogP contribution in [0.3, 0.4) is 0 Å². The highest BCUT2D eigenvalue weighted by Gasteiger charge is 2.01. The van der Waals surface area contributed by atoms with Gasteiger partial charge in [0.05, 0.1) is 13.7 Å². The molecule has 0 amide bonds. The second-order valence-electron chi connectivity index (χ2n) is 3.23. The number of nitrogens with zero attached hydrogens (tertiary/aromatic N) is 3. The molecule has 0 saturated heterocycles. The van der Waals surface area contributed by atoms with E-state index in [2.05, 4.69) is 10.1 Å². The first-order valence-corrected chi connectivity index (χ1v) is 4.80. The number of pyridine rings is 1. The Morgan fingerprint density at radius 3 is 2.69 bits per heavy atom. The second-order valence-corrected chi connectivity index (χ2v) is 3.23. The van der Waals surface area contributed by atoms with Crippen LogP contribution in [0.15, 0.2) is 41.5 Å². The van der Waals surface area contributed by atoms with Gasteiger partial charge in [0.2, 0.25) is 5.88 Å². The number of aromatic nitrogens is 3. The summed E-state index contributed by atoms with van der Waals surface area (Å²) >= 11 is 0. The van der Waals surface area contributed by atoms with Crippen molar-refractivity contribution < 1.29 is 4.74 Å². The van der Waals surface area contributed by atoms with Gasteiger partial charge in [0.15, 0.2) is 0 Å². The van der Waals surface area contributed by atoms with Gasteiger partial charge in [-0.25, -0.2) is 4.68 Å². The van der Waals surface area contributed by atoms with E-state index in [1.54, 1.807) is 18.5 Å². The summed E-state index contributed by atoms with van der Waals surface area (Å²) in [4.78, 5) is 15.4. The molecule has 0 N–H and O–H groups in total. The summed E-state index contributed by atoms with van der Waals surface area (Å²) in [5.74, 6) is 0.425. The minimum atomic E-state index is -0.155. The number of hydrogen-bond donors (Lipinski definition) is 0. The van der Waals surface area contributed by atoms with Crippen LogP contribution < -0.4 is 10.3 Å². The predicted octanol–water partition coefficient (Wildman–Crippen LogP) is 0.695. The molecular formula is C11H11N3O2. The van der Waals surface area contributed by atoms with E-state index in [0.717, 1.165) is 5.56 Å². The molecule has 0 fully saturated rings. The molecule has 0 aliphatic heterocycles. The number of hydrogen-bond acceptors (Lipinski definition) is 4. The van der Waals surface area contributed by atoms with Gasteiger partial charge in [0, 0.05) is 24.5 Å². The summed E-state index contributed by atoms with van der Waals surface area (Å²) in [6.45, 7) is 0.415. The summed E-state index contributed by atoms with van der Waals surface area (Å²) in [5.41, 5.74) is 0.815. The van der Waals surface area contributed by atoms with Crippen molar-refractivity contribution in [3.63, 3.8) is 0 Å². The lowest BCUT2D eigenvalue weighted by Crippen LogP contribution is -2.22. The third-order valence-electron chi connectivity index (χ3n) is 2.13. The minimum absolute atomic E-state index is 0.155. The molecule has 0 aromatic carbocycles. The fourth-order valence-electron chi connectivity index (χ4n) is 1.31. The van der Waals surface area contributed by atoms with E-state index in [9.17, 15) is 4.79 Å². The van der Waals surface area contributed by atoms with Gasteiger partial charge in [-0.3, -0.25) is 9.78 Å². The lowest BCUT2D eigenvalue weighted by Gasteiger charge is -2.05. The zero-order valence-corrected chi connectivity index (χ0v) is 8.83. The SMILES string of the molecule is COc1ccc(=O)n(Cc2ccncc2)n1. The van der Waals surface area contributed by atoms with Crippen molar-refractivity contribution in [2.24, 2.45) is 0 Å². The number of ether oxygens (including phenoxy) is 1. The van der Waals surface area contributed by atoms with Gasteiger partial charge in [-0.2, -0.15) is 0 Å². The molecule has 0 atom stereocenters. The number of rotatable bonds is 3. The van der Waals surface area contributed by atoms with Crippen LogP contribution >= 0.6 is 0 Å². The van der Waals surface area contributed by atoms with Crippen LogP contribution in [0.2, 0.25) is 0 Å². The quantitative estimate of drug-likeness (QED) is 0.759. The summed E-state index contributed by atoms with van der Waals surface area (Å²) in [6.07, 6.45) is 3.36. The van der Waals surface area contributed by atoms with Crippen molar-refractivity contribution in [3.8, 4) is 5.88 Å². The first-order valence-electron chi connectivity index (χ1n) is 4.80. The molecule has 0 radical (unpaired) electrons. The van der Waals surface area contributed by atoms with Gasteiger partial charge >= 0.3 is 0 Å². The summed E-state index contributed by atoms with van der Waals surface area (Å²) in [7, 11) is 1.52. The molecule has 5 heteroatoms. The van der Waals surface area contributed by atoms with Crippen LogP contribution in [0.1, 0.15) is 5.56 Å². The standard InChI is InChI=1S/C11H11N3O2/c1-16-10-2-3-11(15)14(13-10)8-9-4-6-12-7-5-9/h2-7H,8H2,1H3. The van der Waals surface area contributed by atoms with Crippen LogP contribution in [-0.4, -0.2) is 21.9 Å². The molecule has 2 aromatic rings. The molecule has 16 heavy (non-hydrogen) atoms. The lowest BCUT2D eigenvalue weighted by molar-refractivity contribution is 0.379. The van der Waals surface area contributed by atoms with Gasteiger partial charge < -0.3 is 4.74 Å². The summed E-state index contributed by atoms with van der Waals surface area (Å²) < 4.78 is 6.32. The van der Waals surface area contributed by atoms with Crippen molar-refractivity contribution in [1.29, 1.82) is 0 Å². The second kappa shape index (κ2) is 4.57. The first-order chi connectivity index (χ1) is 7.79. The Bertz CT molecular complexity index is 522.